The summed E-state index contributed by atoms with van der Waals surface area (Å²) in [5.41, 5.74) is 0.494. The van der Waals surface area contributed by atoms with E-state index in [4.69, 9.17) is 4.74 Å². The minimum Gasteiger partial charge on any atom is -0.755 e. The van der Waals surface area contributed by atoms with Crippen LogP contribution < -0.4 is 9.46 Å². The zero-order chi connectivity index (χ0) is 14.7. The van der Waals surface area contributed by atoms with Crippen molar-refractivity contribution in [3.63, 3.8) is 0 Å². The van der Waals surface area contributed by atoms with Crippen LogP contribution >= 0.6 is 0 Å². The van der Waals surface area contributed by atoms with Crippen LogP contribution in [0.3, 0.4) is 0 Å². The highest BCUT2D eigenvalue weighted by Gasteiger charge is 2.03. The minimum atomic E-state index is -2.32. The largest absolute Gasteiger partial charge is 0.755 e. The molecular formula is C16H12NO3S-. The van der Waals surface area contributed by atoms with E-state index in [1.807, 2.05) is 42.5 Å². The fraction of sp³-hybridized carbons (Fsp3) is 0. The smallest absolute Gasteiger partial charge is 0.135 e. The summed E-state index contributed by atoms with van der Waals surface area (Å²) in [5.74, 6) is 1.41. The minimum absolute atomic E-state index is 0.494. The van der Waals surface area contributed by atoms with Gasteiger partial charge in [0.05, 0.1) is 0 Å². The molecule has 0 aliphatic rings. The average molecular weight is 298 g/mol. The number of anilines is 1. The fourth-order valence-electron chi connectivity index (χ4n) is 2.10. The lowest BCUT2D eigenvalue weighted by Gasteiger charge is -2.11. The second kappa shape index (κ2) is 5.95. The predicted molar refractivity (Wildman–Crippen MR) is 83.0 cm³/mol. The Labute approximate surface area is 124 Å². The van der Waals surface area contributed by atoms with Crippen molar-refractivity contribution in [2.24, 2.45) is 0 Å². The van der Waals surface area contributed by atoms with E-state index < -0.39 is 11.3 Å². The van der Waals surface area contributed by atoms with Gasteiger partial charge in [-0.3, -0.25) is 4.21 Å². The summed E-state index contributed by atoms with van der Waals surface area (Å²) in [6.45, 7) is 0. The van der Waals surface area contributed by atoms with E-state index in [2.05, 4.69) is 4.72 Å². The third kappa shape index (κ3) is 3.21. The molecule has 4 nitrogen and oxygen atoms in total. The fourth-order valence-corrected chi connectivity index (χ4v) is 2.43. The molecule has 106 valence electrons. The van der Waals surface area contributed by atoms with E-state index in [-0.39, 0.29) is 0 Å². The van der Waals surface area contributed by atoms with Crippen molar-refractivity contribution in [1.29, 1.82) is 0 Å². The molecule has 3 rings (SSSR count). The molecule has 0 spiro atoms. The molecule has 0 fully saturated rings. The van der Waals surface area contributed by atoms with Crippen molar-refractivity contribution in [2.45, 2.75) is 0 Å². The van der Waals surface area contributed by atoms with Gasteiger partial charge in [0.2, 0.25) is 0 Å². The molecule has 0 saturated carbocycles. The topological polar surface area (TPSA) is 61.4 Å². The molecule has 0 heterocycles. The van der Waals surface area contributed by atoms with Gasteiger partial charge in [-0.15, -0.1) is 0 Å². The molecule has 0 aliphatic carbocycles. The summed E-state index contributed by atoms with van der Waals surface area (Å²) in [5, 5.41) is 2.14. The SMILES string of the molecule is O=S([O-])Nc1ccc(Oc2cccc3ccccc23)cc1. The molecule has 0 aromatic heterocycles. The first kappa shape index (κ1) is 13.6. The maximum absolute atomic E-state index is 10.5. The molecular weight excluding hydrogens is 286 g/mol. The Hall–Kier alpha value is -2.37. The van der Waals surface area contributed by atoms with Gasteiger partial charge in [-0.05, 0) is 35.7 Å². The van der Waals surface area contributed by atoms with Crippen LogP contribution in [0.25, 0.3) is 10.8 Å². The highest BCUT2D eigenvalue weighted by molar-refractivity contribution is 7.80. The molecule has 1 atom stereocenters. The Morgan fingerprint density at radius 3 is 2.38 bits per heavy atom. The molecule has 3 aromatic rings. The van der Waals surface area contributed by atoms with Gasteiger partial charge >= 0.3 is 0 Å². The number of nitrogens with one attached hydrogen (secondary N) is 1. The summed E-state index contributed by atoms with van der Waals surface area (Å²) in [6, 6.07) is 20.6. The average Bonchev–Trinajstić information content (AvgIpc) is 2.49. The summed E-state index contributed by atoms with van der Waals surface area (Å²) >= 11 is -2.32. The van der Waals surface area contributed by atoms with E-state index in [1.54, 1.807) is 24.3 Å². The summed E-state index contributed by atoms with van der Waals surface area (Å²) in [7, 11) is 0. The van der Waals surface area contributed by atoms with Crippen molar-refractivity contribution in [3.05, 3.63) is 66.7 Å². The first-order chi connectivity index (χ1) is 10.2. The van der Waals surface area contributed by atoms with Gasteiger partial charge in [-0.2, -0.15) is 0 Å². The van der Waals surface area contributed by atoms with Crippen LogP contribution in [0, 0.1) is 0 Å². The van der Waals surface area contributed by atoms with Crippen LogP contribution in [0.1, 0.15) is 0 Å². The Morgan fingerprint density at radius 2 is 1.62 bits per heavy atom. The van der Waals surface area contributed by atoms with Crippen LogP contribution in [0.5, 0.6) is 11.5 Å². The molecule has 21 heavy (non-hydrogen) atoms. The predicted octanol–water partition coefficient (Wildman–Crippen LogP) is 3.84. The number of rotatable bonds is 4. The second-order valence-corrected chi connectivity index (χ2v) is 5.11. The van der Waals surface area contributed by atoms with E-state index in [0.29, 0.717) is 11.4 Å². The Bertz CT molecular complexity index is 782. The van der Waals surface area contributed by atoms with Gasteiger partial charge in [0, 0.05) is 22.3 Å². The Balaban J connectivity index is 1.87. The molecule has 0 bridgehead atoms. The maximum Gasteiger partial charge on any atom is 0.135 e. The van der Waals surface area contributed by atoms with Gasteiger partial charge < -0.3 is 14.0 Å². The molecule has 0 amide bonds. The lowest BCUT2D eigenvalue weighted by molar-refractivity contribution is 0.488. The number of hydrogen-bond donors (Lipinski definition) is 1. The quantitative estimate of drug-likeness (QED) is 0.744. The third-order valence-corrected chi connectivity index (χ3v) is 3.44. The van der Waals surface area contributed by atoms with Crippen LogP contribution in [0.15, 0.2) is 66.7 Å². The van der Waals surface area contributed by atoms with Crippen LogP contribution in [-0.2, 0) is 11.3 Å². The molecule has 1 unspecified atom stereocenters. The molecule has 5 heteroatoms. The van der Waals surface area contributed by atoms with E-state index in [0.717, 1.165) is 16.5 Å². The van der Waals surface area contributed by atoms with Gasteiger partial charge in [-0.1, -0.05) is 36.4 Å². The number of ether oxygens (including phenoxy) is 1. The lowest BCUT2D eigenvalue weighted by Crippen LogP contribution is -2.01. The van der Waals surface area contributed by atoms with Gasteiger partial charge in [0.25, 0.3) is 0 Å². The zero-order valence-electron chi connectivity index (χ0n) is 11.0. The van der Waals surface area contributed by atoms with Crippen molar-refractivity contribution in [2.75, 3.05) is 4.72 Å². The molecule has 0 radical (unpaired) electrons. The molecule has 1 N–H and O–H groups in total. The molecule has 0 saturated heterocycles. The van der Waals surface area contributed by atoms with Gasteiger partial charge in [0.1, 0.15) is 11.5 Å². The lowest BCUT2D eigenvalue weighted by atomic mass is 10.1. The summed E-state index contributed by atoms with van der Waals surface area (Å²) in [4.78, 5) is 0. The highest BCUT2D eigenvalue weighted by Crippen LogP contribution is 2.30. The first-order valence-corrected chi connectivity index (χ1v) is 7.41. The normalized spacial score (nSPS) is 12.0. The van der Waals surface area contributed by atoms with Crippen LogP contribution in [-0.4, -0.2) is 8.76 Å². The summed E-state index contributed by atoms with van der Waals surface area (Å²) in [6.07, 6.45) is 0. The molecule has 0 aliphatic heterocycles. The third-order valence-electron chi connectivity index (χ3n) is 3.03. The monoisotopic (exact) mass is 298 g/mol. The van der Waals surface area contributed by atoms with Gasteiger partial charge in [0.15, 0.2) is 0 Å². The van der Waals surface area contributed by atoms with Crippen molar-refractivity contribution in [3.8, 4) is 11.5 Å². The number of fused-ring (bicyclic) bond motifs is 1. The standard InChI is InChI=1S/C16H13NO3S/c18-21(19)17-13-8-10-14(11-9-13)20-16-7-3-5-12-4-1-2-6-15(12)16/h1-11,17H,(H,18,19)/p-1. The van der Waals surface area contributed by atoms with Crippen molar-refractivity contribution < 1.29 is 13.5 Å². The van der Waals surface area contributed by atoms with Crippen LogP contribution in [0.4, 0.5) is 5.69 Å². The highest BCUT2D eigenvalue weighted by atomic mass is 32.2. The zero-order valence-corrected chi connectivity index (χ0v) is 11.8. The summed E-state index contributed by atoms with van der Waals surface area (Å²) < 4.78 is 29.3. The second-order valence-electron chi connectivity index (χ2n) is 4.44. The van der Waals surface area contributed by atoms with E-state index in [1.165, 1.54) is 0 Å². The van der Waals surface area contributed by atoms with Crippen LogP contribution in [0.2, 0.25) is 0 Å². The number of hydrogen-bond acceptors (Lipinski definition) is 3. The van der Waals surface area contributed by atoms with E-state index in [9.17, 15) is 8.76 Å². The van der Waals surface area contributed by atoms with Gasteiger partial charge in [-0.25, -0.2) is 0 Å². The Morgan fingerprint density at radius 1 is 0.905 bits per heavy atom. The van der Waals surface area contributed by atoms with Crippen molar-refractivity contribution in [1.82, 2.24) is 0 Å². The molecule has 3 aromatic carbocycles. The first-order valence-electron chi connectivity index (χ1n) is 6.34. The Kier molecular flexibility index (Phi) is 3.85. The van der Waals surface area contributed by atoms with Crippen molar-refractivity contribution >= 4 is 27.7 Å². The van der Waals surface area contributed by atoms with E-state index >= 15 is 0 Å². The maximum atomic E-state index is 10.5. The number of benzene rings is 3.